The Balaban J connectivity index is 1.88. The number of hydrogen-bond acceptors (Lipinski definition) is 6. The van der Waals surface area contributed by atoms with Crippen molar-refractivity contribution < 1.29 is 14.3 Å². The van der Waals surface area contributed by atoms with E-state index in [-0.39, 0.29) is 28.0 Å². The normalized spacial score (nSPS) is 15.0. The van der Waals surface area contributed by atoms with E-state index in [0.29, 0.717) is 35.3 Å². The Labute approximate surface area is 178 Å². The summed E-state index contributed by atoms with van der Waals surface area (Å²) in [7, 11) is 3.03. The Morgan fingerprint density at radius 1 is 1.13 bits per heavy atom. The van der Waals surface area contributed by atoms with Gasteiger partial charge in [-0.3, -0.25) is 23.5 Å². The highest BCUT2D eigenvalue weighted by molar-refractivity contribution is 6.02. The van der Waals surface area contributed by atoms with Crippen molar-refractivity contribution in [2.45, 2.75) is 33.2 Å². The molecule has 160 valence electrons. The van der Waals surface area contributed by atoms with E-state index in [1.165, 1.54) is 24.9 Å². The second kappa shape index (κ2) is 7.30. The Hall–Kier alpha value is -3.55. The van der Waals surface area contributed by atoms with Crippen molar-refractivity contribution in [1.82, 2.24) is 14.1 Å². The number of pyridine rings is 1. The van der Waals surface area contributed by atoms with E-state index in [9.17, 15) is 19.2 Å². The molecular weight excluding hydrogens is 398 g/mol. The topological polar surface area (TPSA) is 100 Å². The van der Waals surface area contributed by atoms with Gasteiger partial charge in [-0.25, -0.2) is 9.78 Å². The second-order valence-electron chi connectivity index (χ2n) is 8.67. The van der Waals surface area contributed by atoms with Gasteiger partial charge in [0.2, 0.25) is 0 Å². The molecule has 0 aliphatic heterocycles. The van der Waals surface area contributed by atoms with E-state index >= 15 is 0 Å². The SMILES string of the molecule is COc1ccc(C(=O)Cn2c(=O)c3c4c(cnc3n(C)c2=O)C(=O)CC(C)(C)C4)cc1. The van der Waals surface area contributed by atoms with Gasteiger partial charge in [0.1, 0.15) is 11.4 Å². The summed E-state index contributed by atoms with van der Waals surface area (Å²) in [5.74, 6) is 0.144. The van der Waals surface area contributed by atoms with Gasteiger partial charge in [0.05, 0.1) is 19.0 Å². The van der Waals surface area contributed by atoms with Gasteiger partial charge >= 0.3 is 5.69 Å². The van der Waals surface area contributed by atoms with Crippen LogP contribution in [-0.2, 0) is 20.0 Å². The van der Waals surface area contributed by atoms with E-state index in [1.807, 2.05) is 13.8 Å². The number of ketones is 2. The zero-order valence-electron chi connectivity index (χ0n) is 17.9. The molecule has 1 aliphatic carbocycles. The Morgan fingerprint density at radius 2 is 1.81 bits per heavy atom. The molecule has 0 saturated carbocycles. The van der Waals surface area contributed by atoms with Gasteiger partial charge in [0.25, 0.3) is 5.56 Å². The number of rotatable bonds is 4. The van der Waals surface area contributed by atoms with Gasteiger partial charge in [-0.05, 0) is 41.7 Å². The fourth-order valence-corrected chi connectivity index (χ4v) is 4.16. The zero-order chi connectivity index (χ0) is 22.5. The Bertz CT molecular complexity index is 1350. The smallest absolute Gasteiger partial charge is 0.332 e. The first-order valence-corrected chi connectivity index (χ1v) is 9.95. The lowest BCUT2D eigenvalue weighted by Gasteiger charge is -2.30. The third-order valence-corrected chi connectivity index (χ3v) is 5.77. The Kier molecular flexibility index (Phi) is 4.88. The molecule has 0 fully saturated rings. The summed E-state index contributed by atoms with van der Waals surface area (Å²) in [6.45, 7) is 3.52. The molecule has 1 aromatic carbocycles. The molecule has 4 rings (SSSR count). The zero-order valence-corrected chi connectivity index (χ0v) is 17.9. The number of aryl methyl sites for hydroxylation is 1. The molecule has 31 heavy (non-hydrogen) atoms. The summed E-state index contributed by atoms with van der Waals surface area (Å²) < 4.78 is 7.27. The number of carbonyl (C=O) groups excluding carboxylic acids is 2. The van der Waals surface area contributed by atoms with Gasteiger partial charge in [0.15, 0.2) is 11.6 Å². The highest BCUT2D eigenvalue weighted by Crippen LogP contribution is 2.36. The predicted octanol–water partition coefficient (Wildman–Crippen LogP) is 2.14. The second-order valence-corrected chi connectivity index (χ2v) is 8.67. The van der Waals surface area contributed by atoms with Crippen molar-refractivity contribution in [3.8, 4) is 5.75 Å². The van der Waals surface area contributed by atoms with Crippen LogP contribution in [0.1, 0.15) is 46.5 Å². The van der Waals surface area contributed by atoms with E-state index in [4.69, 9.17) is 4.74 Å². The molecule has 1 aliphatic rings. The van der Waals surface area contributed by atoms with Crippen LogP contribution < -0.4 is 16.0 Å². The summed E-state index contributed by atoms with van der Waals surface area (Å²) in [5.41, 5.74) is 0.0337. The number of benzene rings is 1. The molecule has 8 nitrogen and oxygen atoms in total. The number of hydrogen-bond donors (Lipinski definition) is 0. The van der Waals surface area contributed by atoms with Crippen LogP contribution in [0, 0.1) is 5.41 Å². The molecule has 0 N–H and O–H groups in total. The minimum absolute atomic E-state index is 0.0743. The molecule has 0 saturated heterocycles. The first-order valence-electron chi connectivity index (χ1n) is 9.95. The molecule has 0 amide bonds. The van der Waals surface area contributed by atoms with Gasteiger partial charge in [-0.15, -0.1) is 0 Å². The van der Waals surface area contributed by atoms with Crippen LogP contribution in [0.25, 0.3) is 11.0 Å². The number of methoxy groups -OCH3 is 1. The molecule has 0 bridgehead atoms. The van der Waals surface area contributed by atoms with Crippen LogP contribution in [0.2, 0.25) is 0 Å². The van der Waals surface area contributed by atoms with E-state index < -0.39 is 17.8 Å². The first-order chi connectivity index (χ1) is 14.6. The maximum Gasteiger partial charge on any atom is 0.332 e. The van der Waals surface area contributed by atoms with E-state index in [2.05, 4.69) is 4.98 Å². The number of fused-ring (bicyclic) bond motifs is 3. The minimum Gasteiger partial charge on any atom is -0.497 e. The summed E-state index contributed by atoms with van der Waals surface area (Å²) in [4.78, 5) is 55.9. The number of Topliss-reactive ketones (excluding diaryl/α,β-unsaturated/α-hetero) is 2. The van der Waals surface area contributed by atoms with Crippen LogP contribution in [-0.4, -0.2) is 32.8 Å². The first kappa shape index (κ1) is 20.7. The van der Waals surface area contributed by atoms with Crippen molar-refractivity contribution >= 4 is 22.6 Å². The van der Waals surface area contributed by atoms with Crippen LogP contribution in [0.5, 0.6) is 5.75 Å². The predicted molar refractivity (Wildman–Crippen MR) is 115 cm³/mol. The summed E-state index contributed by atoms with van der Waals surface area (Å²) in [5, 5.41) is 0.225. The molecule has 0 atom stereocenters. The molecule has 0 unspecified atom stereocenters. The van der Waals surface area contributed by atoms with Crippen LogP contribution in [0.3, 0.4) is 0 Å². The van der Waals surface area contributed by atoms with E-state index in [1.54, 1.807) is 24.3 Å². The fraction of sp³-hybridized carbons (Fsp3) is 0.348. The highest BCUT2D eigenvalue weighted by Gasteiger charge is 2.34. The van der Waals surface area contributed by atoms with Crippen LogP contribution in [0.15, 0.2) is 40.1 Å². The lowest BCUT2D eigenvalue weighted by molar-refractivity contribution is 0.0911. The molecule has 0 radical (unpaired) electrons. The molecular formula is C23H23N3O5. The van der Waals surface area contributed by atoms with Crippen molar-refractivity contribution in [3.05, 3.63) is 68.0 Å². The van der Waals surface area contributed by atoms with Gasteiger partial charge in [-0.1, -0.05) is 13.8 Å². The van der Waals surface area contributed by atoms with Crippen LogP contribution >= 0.6 is 0 Å². The standard InChI is InChI=1S/C23H23N3O5/c1-23(2)9-15-16(17(27)10-23)11-24-20-19(15)21(29)26(22(30)25(20)3)12-18(28)13-5-7-14(31-4)8-6-13/h5-8,11H,9-10,12H2,1-4H3. The largest absolute Gasteiger partial charge is 0.497 e. The van der Waals surface area contributed by atoms with Crippen molar-refractivity contribution in [2.24, 2.45) is 12.5 Å². The lowest BCUT2D eigenvalue weighted by Crippen LogP contribution is -2.42. The molecule has 2 heterocycles. The Morgan fingerprint density at radius 3 is 2.45 bits per heavy atom. The summed E-state index contributed by atoms with van der Waals surface area (Å²) in [6.07, 6.45) is 2.32. The van der Waals surface area contributed by atoms with Crippen LogP contribution in [0.4, 0.5) is 0 Å². The molecule has 8 heteroatoms. The number of aromatic nitrogens is 3. The average molecular weight is 421 g/mol. The third-order valence-electron chi connectivity index (χ3n) is 5.77. The summed E-state index contributed by atoms with van der Waals surface area (Å²) in [6, 6.07) is 6.45. The van der Waals surface area contributed by atoms with Gasteiger partial charge in [0, 0.05) is 30.8 Å². The minimum atomic E-state index is -0.631. The molecule has 3 aromatic rings. The van der Waals surface area contributed by atoms with E-state index in [0.717, 1.165) is 4.57 Å². The van der Waals surface area contributed by atoms with Crippen molar-refractivity contribution in [2.75, 3.05) is 7.11 Å². The van der Waals surface area contributed by atoms with Crippen molar-refractivity contribution in [1.29, 1.82) is 0 Å². The quantitative estimate of drug-likeness (QED) is 0.599. The summed E-state index contributed by atoms with van der Waals surface area (Å²) >= 11 is 0. The molecule has 2 aromatic heterocycles. The fourth-order valence-electron chi connectivity index (χ4n) is 4.16. The number of carbonyl (C=O) groups is 2. The number of ether oxygens (including phenoxy) is 1. The van der Waals surface area contributed by atoms with Gasteiger partial charge < -0.3 is 4.74 Å². The number of nitrogens with zero attached hydrogens (tertiary/aromatic N) is 3. The lowest BCUT2D eigenvalue weighted by atomic mass is 9.73. The van der Waals surface area contributed by atoms with Gasteiger partial charge in [-0.2, -0.15) is 0 Å². The van der Waals surface area contributed by atoms with Crippen molar-refractivity contribution in [3.63, 3.8) is 0 Å². The maximum atomic E-state index is 13.4. The molecule has 0 spiro atoms. The highest BCUT2D eigenvalue weighted by atomic mass is 16.5. The monoisotopic (exact) mass is 421 g/mol. The average Bonchev–Trinajstić information content (AvgIpc) is 2.73. The maximum absolute atomic E-state index is 13.4. The third kappa shape index (κ3) is 3.48.